The van der Waals surface area contributed by atoms with Crippen LogP contribution in [-0.4, -0.2) is 12.5 Å². The molecule has 1 aliphatic carbocycles. The van der Waals surface area contributed by atoms with Gasteiger partial charge >= 0.3 is 0 Å². The summed E-state index contributed by atoms with van der Waals surface area (Å²) >= 11 is 3.49. The van der Waals surface area contributed by atoms with E-state index in [0.717, 1.165) is 23.9 Å². The van der Waals surface area contributed by atoms with Crippen LogP contribution in [-0.2, 0) is 10.2 Å². The molecule has 1 saturated carbocycles. The molecule has 2 nitrogen and oxygen atoms in total. The van der Waals surface area contributed by atoms with Crippen molar-refractivity contribution in [1.82, 2.24) is 5.32 Å². The standard InChI is InChI=1S/C12H12BrNO/c13-10-3-1-2-9(4-10)12-5-8(6-12)11(15)14-7-12/h1-4,8H,5-7H2,(H,14,15). The highest BCUT2D eigenvalue weighted by Crippen LogP contribution is 2.50. The Hall–Kier alpha value is -0.830. The number of fused-ring (bicyclic) bond motifs is 2. The smallest absolute Gasteiger partial charge is 0.223 e. The van der Waals surface area contributed by atoms with Crippen molar-refractivity contribution >= 4 is 21.8 Å². The van der Waals surface area contributed by atoms with Gasteiger partial charge in [-0.15, -0.1) is 0 Å². The number of benzene rings is 1. The summed E-state index contributed by atoms with van der Waals surface area (Å²) < 4.78 is 1.12. The molecule has 15 heavy (non-hydrogen) atoms. The Labute approximate surface area is 97.2 Å². The summed E-state index contributed by atoms with van der Waals surface area (Å²) in [5.41, 5.74) is 1.58. The zero-order valence-electron chi connectivity index (χ0n) is 8.29. The molecular formula is C12H12BrNO. The Morgan fingerprint density at radius 1 is 1.40 bits per heavy atom. The molecule has 3 fully saturated rings. The van der Waals surface area contributed by atoms with Crippen LogP contribution >= 0.6 is 15.9 Å². The molecule has 0 aromatic heterocycles. The number of piperidine rings is 2. The van der Waals surface area contributed by atoms with E-state index in [1.807, 2.05) is 6.07 Å². The molecule has 0 radical (unpaired) electrons. The van der Waals surface area contributed by atoms with Crippen LogP contribution in [0.15, 0.2) is 28.7 Å². The molecule has 3 heteroatoms. The van der Waals surface area contributed by atoms with Crippen LogP contribution in [0.25, 0.3) is 0 Å². The maximum Gasteiger partial charge on any atom is 0.223 e. The topological polar surface area (TPSA) is 29.1 Å². The SMILES string of the molecule is O=C1NCC2(c3cccc(Br)c3)CC1C2. The van der Waals surface area contributed by atoms with Gasteiger partial charge in [-0.2, -0.15) is 0 Å². The lowest BCUT2D eigenvalue weighted by molar-refractivity contribution is -0.135. The minimum absolute atomic E-state index is 0.225. The normalized spacial score (nSPS) is 33.1. The first-order chi connectivity index (χ1) is 7.20. The molecule has 2 heterocycles. The molecule has 78 valence electrons. The number of amides is 1. The summed E-state index contributed by atoms with van der Waals surface area (Å²) in [7, 11) is 0. The van der Waals surface area contributed by atoms with E-state index in [1.165, 1.54) is 5.56 Å². The molecule has 0 atom stereocenters. The first kappa shape index (κ1) is 9.40. The van der Waals surface area contributed by atoms with Crippen LogP contribution in [0.5, 0.6) is 0 Å². The molecule has 0 unspecified atom stereocenters. The molecule has 0 spiro atoms. The third-order valence-corrected chi connectivity index (χ3v) is 4.18. The lowest BCUT2D eigenvalue weighted by Gasteiger charge is -2.52. The number of rotatable bonds is 1. The van der Waals surface area contributed by atoms with Gasteiger partial charge in [-0.1, -0.05) is 28.1 Å². The van der Waals surface area contributed by atoms with Crippen LogP contribution in [0, 0.1) is 5.92 Å². The van der Waals surface area contributed by atoms with E-state index >= 15 is 0 Å². The van der Waals surface area contributed by atoms with Crippen LogP contribution in [0.2, 0.25) is 0 Å². The number of carbonyl (C=O) groups excluding carboxylic acids is 1. The number of nitrogens with one attached hydrogen (secondary N) is 1. The first-order valence-electron chi connectivity index (χ1n) is 5.23. The van der Waals surface area contributed by atoms with Crippen molar-refractivity contribution in [3.8, 4) is 0 Å². The second-order valence-corrected chi connectivity index (χ2v) is 5.53. The van der Waals surface area contributed by atoms with Gasteiger partial charge in [-0.3, -0.25) is 4.79 Å². The van der Waals surface area contributed by atoms with Crippen molar-refractivity contribution in [3.63, 3.8) is 0 Å². The zero-order valence-corrected chi connectivity index (χ0v) is 9.88. The molecular weight excluding hydrogens is 254 g/mol. The highest BCUT2D eigenvalue weighted by atomic mass is 79.9. The summed E-state index contributed by atoms with van der Waals surface area (Å²) in [5, 5.41) is 2.99. The first-order valence-corrected chi connectivity index (χ1v) is 6.03. The van der Waals surface area contributed by atoms with Crippen molar-refractivity contribution in [2.45, 2.75) is 18.3 Å². The maximum absolute atomic E-state index is 11.4. The fraction of sp³-hybridized carbons (Fsp3) is 0.417. The average molecular weight is 266 g/mol. The maximum atomic E-state index is 11.4. The minimum Gasteiger partial charge on any atom is -0.355 e. The summed E-state index contributed by atoms with van der Waals surface area (Å²) in [6.07, 6.45) is 2.05. The van der Waals surface area contributed by atoms with E-state index < -0.39 is 0 Å². The number of hydrogen-bond acceptors (Lipinski definition) is 1. The van der Waals surface area contributed by atoms with Gasteiger partial charge in [0.2, 0.25) is 5.91 Å². The van der Waals surface area contributed by atoms with Gasteiger partial charge in [0.1, 0.15) is 0 Å². The van der Waals surface area contributed by atoms with E-state index in [-0.39, 0.29) is 17.2 Å². The molecule has 3 aliphatic rings. The molecule has 1 aromatic carbocycles. The van der Waals surface area contributed by atoms with Gasteiger partial charge in [-0.05, 0) is 30.5 Å². The van der Waals surface area contributed by atoms with Gasteiger partial charge in [-0.25, -0.2) is 0 Å². The minimum atomic E-state index is 0.225. The second-order valence-electron chi connectivity index (χ2n) is 4.61. The van der Waals surface area contributed by atoms with E-state index in [1.54, 1.807) is 0 Å². The molecule has 2 bridgehead atoms. The second kappa shape index (κ2) is 3.08. The van der Waals surface area contributed by atoms with Crippen LogP contribution in [0.3, 0.4) is 0 Å². The summed E-state index contributed by atoms with van der Waals surface area (Å²) in [4.78, 5) is 11.4. The Bertz CT molecular complexity index is 418. The van der Waals surface area contributed by atoms with E-state index in [9.17, 15) is 4.79 Å². The fourth-order valence-corrected chi connectivity index (χ4v) is 3.17. The fourth-order valence-electron chi connectivity index (χ4n) is 2.77. The van der Waals surface area contributed by atoms with Gasteiger partial charge in [0.25, 0.3) is 0 Å². The van der Waals surface area contributed by atoms with Crippen molar-refractivity contribution in [1.29, 1.82) is 0 Å². The van der Waals surface area contributed by atoms with Gasteiger partial charge in [0.05, 0.1) is 0 Å². The van der Waals surface area contributed by atoms with Crippen LogP contribution in [0.4, 0.5) is 0 Å². The Kier molecular flexibility index (Phi) is 1.93. The van der Waals surface area contributed by atoms with Crippen molar-refractivity contribution in [3.05, 3.63) is 34.3 Å². The van der Waals surface area contributed by atoms with E-state index in [0.29, 0.717) is 0 Å². The Morgan fingerprint density at radius 3 is 2.80 bits per heavy atom. The monoisotopic (exact) mass is 265 g/mol. The average Bonchev–Trinajstić information content (AvgIpc) is 2.16. The number of hydrogen-bond donors (Lipinski definition) is 1. The lowest BCUT2D eigenvalue weighted by Crippen LogP contribution is -2.60. The lowest BCUT2D eigenvalue weighted by atomic mass is 9.56. The third kappa shape index (κ3) is 1.33. The molecule has 2 saturated heterocycles. The molecule has 1 N–H and O–H groups in total. The van der Waals surface area contributed by atoms with E-state index in [2.05, 4.69) is 39.4 Å². The van der Waals surface area contributed by atoms with Crippen LogP contribution in [0.1, 0.15) is 18.4 Å². The molecule has 2 aliphatic heterocycles. The quantitative estimate of drug-likeness (QED) is 0.829. The number of carbonyl (C=O) groups is 1. The van der Waals surface area contributed by atoms with Crippen molar-refractivity contribution in [2.24, 2.45) is 5.92 Å². The largest absolute Gasteiger partial charge is 0.355 e. The Morgan fingerprint density at radius 2 is 2.20 bits per heavy atom. The molecule has 1 aromatic rings. The molecule has 1 amide bonds. The van der Waals surface area contributed by atoms with Crippen molar-refractivity contribution < 1.29 is 4.79 Å². The predicted molar refractivity (Wildman–Crippen MR) is 61.6 cm³/mol. The molecule has 4 rings (SSSR count). The zero-order chi connectivity index (χ0) is 10.5. The van der Waals surface area contributed by atoms with Gasteiger partial charge in [0.15, 0.2) is 0 Å². The highest BCUT2D eigenvalue weighted by molar-refractivity contribution is 9.10. The van der Waals surface area contributed by atoms with Gasteiger partial charge in [0, 0.05) is 22.4 Å². The van der Waals surface area contributed by atoms with Crippen LogP contribution < -0.4 is 5.32 Å². The third-order valence-electron chi connectivity index (χ3n) is 3.68. The van der Waals surface area contributed by atoms with E-state index in [4.69, 9.17) is 0 Å². The summed E-state index contributed by atoms with van der Waals surface area (Å²) in [6, 6.07) is 8.45. The number of halogens is 1. The summed E-state index contributed by atoms with van der Waals surface area (Å²) in [5.74, 6) is 0.504. The van der Waals surface area contributed by atoms with Gasteiger partial charge < -0.3 is 5.32 Å². The Balaban J connectivity index is 1.93. The predicted octanol–water partition coefficient (Wildman–Crippen LogP) is 2.23. The highest BCUT2D eigenvalue weighted by Gasteiger charge is 2.52. The summed E-state index contributed by atoms with van der Waals surface area (Å²) in [6.45, 7) is 0.804. The van der Waals surface area contributed by atoms with Crippen molar-refractivity contribution in [2.75, 3.05) is 6.54 Å².